The number of nitrogens with one attached hydrogen (secondary N) is 1. The van der Waals surface area contributed by atoms with Crippen LogP contribution in [0.15, 0.2) is 48.5 Å². The SMILES string of the molecule is CN(Cc1cccc(F)c1)C(=O)NC1CCN(Cc2ccc(Cl)cc2)CC1. The summed E-state index contributed by atoms with van der Waals surface area (Å²) < 4.78 is 13.3. The van der Waals surface area contributed by atoms with E-state index in [0.717, 1.165) is 43.1 Å². The number of hydrogen-bond acceptors (Lipinski definition) is 2. The molecule has 3 rings (SSSR count). The lowest BCUT2D eigenvalue weighted by atomic mass is 10.0. The molecule has 1 heterocycles. The van der Waals surface area contributed by atoms with Gasteiger partial charge in [0.15, 0.2) is 0 Å². The van der Waals surface area contributed by atoms with Gasteiger partial charge in [-0.15, -0.1) is 0 Å². The average Bonchev–Trinajstić information content (AvgIpc) is 2.65. The molecule has 2 amide bonds. The molecule has 0 aromatic heterocycles. The smallest absolute Gasteiger partial charge is 0.317 e. The number of amides is 2. The number of carbonyl (C=O) groups excluding carboxylic acids is 1. The maximum absolute atomic E-state index is 13.3. The predicted molar refractivity (Wildman–Crippen MR) is 106 cm³/mol. The largest absolute Gasteiger partial charge is 0.335 e. The van der Waals surface area contributed by atoms with Crippen molar-refractivity contribution in [1.82, 2.24) is 15.1 Å². The number of urea groups is 1. The molecule has 0 saturated carbocycles. The zero-order chi connectivity index (χ0) is 19.2. The van der Waals surface area contributed by atoms with Gasteiger partial charge in [-0.05, 0) is 48.2 Å². The molecular formula is C21H25ClFN3O. The third-order valence-corrected chi connectivity index (χ3v) is 5.14. The molecule has 1 N–H and O–H groups in total. The van der Waals surface area contributed by atoms with Crippen LogP contribution in [0.2, 0.25) is 5.02 Å². The topological polar surface area (TPSA) is 35.6 Å². The first-order valence-electron chi connectivity index (χ1n) is 9.22. The molecule has 0 unspecified atom stereocenters. The van der Waals surface area contributed by atoms with Crippen LogP contribution in [0.3, 0.4) is 0 Å². The van der Waals surface area contributed by atoms with Crippen molar-refractivity contribution in [2.45, 2.75) is 32.0 Å². The third kappa shape index (κ3) is 5.94. The molecule has 27 heavy (non-hydrogen) atoms. The minimum Gasteiger partial charge on any atom is -0.335 e. The number of hydrogen-bond donors (Lipinski definition) is 1. The average molecular weight is 390 g/mol. The maximum atomic E-state index is 13.3. The normalized spacial score (nSPS) is 15.5. The van der Waals surface area contributed by atoms with E-state index < -0.39 is 0 Å². The molecular weight excluding hydrogens is 365 g/mol. The minimum atomic E-state index is -0.283. The third-order valence-electron chi connectivity index (χ3n) is 4.89. The second-order valence-electron chi connectivity index (χ2n) is 7.11. The lowest BCUT2D eigenvalue weighted by Gasteiger charge is -2.33. The lowest BCUT2D eigenvalue weighted by Crippen LogP contribution is -2.48. The Morgan fingerprint density at radius 2 is 1.89 bits per heavy atom. The first-order valence-corrected chi connectivity index (χ1v) is 9.60. The Balaban J connectivity index is 1.42. The van der Waals surface area contributed by atoms with Gasteiger partial charge < -0.3 is 10.2 Å². The highest BCUT2D eigenvalue weighted by molar-refractivity contribution is 6.30. The van der Waals surface area contributed by atoms with Crippen molar-refractivity contribution in [2.75, 3.05) is 20.1 Å². The molecule has 0 bridgehead atoms. The standard InChI is InChI=1S/C21H25ClFN3O/c1-25(14-17-3-2-4-19(23)13-17)21(27)24-20-9-11-26(12-10-20)15-16-5-7-18(22)8-6-16/h2-8,13,20H,9-12,14-15H2,1H3,(H,24,27). The Hall–Kier alpha value is -2.11. The van der Waals surface area contributed by atoms with Crippen molar-refractivity contribution >= 4 is 17.6 Å². The summed E-state index contributed by atoms with van der Waals surface area (Å²) >= 11 is 5.93. The first-order chi connectivity index (χ1) is 13.0. The van der Waals surface area contributed by atoms with Crippen LogP contribution < -0.4 is 5.32 Å². The molecule has 6 heteroatoms. The molecule has 0 atom stereocenters. The fourth-order valence-electron chi connectivity index (χ4n) is 3.35. The highest BCUT2D eigenvalue weighted by atomic mass is 35.5. The summed E-state index contributed by atoms with van der Waals surface area (Å²) in [5.41, 5.74) is 2.03. The van der Waals surface area contributed by atoms with Crippen LogP contribution in [-0.4, -0.2) is 42.0 Å². The van der Waals surface area contributed by atoms with E-state index in [-0.39, 0.29) is 17.9 Å². The van der Waals surface area contributed by atoms with Gasteiger partial charge >= 0.3 is 6.03 Å². The van der Waals surface area contributed by atoms with Gasteiger partial charge in [0.2, 0.25) is 0 Å². The van der Waals surface area contributed by atoms with Crippen molar-refractivity contribution in [1.29, 1.82) is 0 Å². The summed E-state index contributed by atoms with van der Waals surface area (Å²) in [5, 5.41) is 3.85. The van der Waals surface area contributed by atoms with E-state index in [4.69, 9.17) is 11.6 Å². The summed E-state index contributed by atoms with van der Waals surface area (Å²) in [4.78, 5) is 16.4. The molecule has 2 aromatic rings. The Morgan fingerprint density at radius 3 is 2.56 bits per heavy atom. The van der Waals surface area contributed by atoms with Crippen LogP contribution in [0.4, 0.5) is 9.18 Å². The quantitative estimate of drug-likeness (QED) is 0.828. The highest BCUT2D eigenvalue weighted by Gasteiger charge is 2.22. The van der Waals surface area contributed by atoms with E-state index >= 15 is 0 Å². The fraction of sp³-hybridized carbons (Fsp3) is 0.381. The molecule has 1 fully saturated rings. The zero-order valence-corrected chi connectivity index (χ0v) is 16.3. The van der Waals surface area contributed by atoms with E-state index in [0.29, 0.717) is 6.54 Å². The van der Waals surface area contributed by atoms with Crippen molar-refractivity contribution in [3.8, 4) is 0 Å². The van der Waals surface area contributed by atoms with Crippen molar-refractivity contribution in [3.63, 3.8) is 0 Å². The lowest BCUT2D eigenvalue weighted by molar-refractivity contribution is 0.173. The van der Waals surface area contributed by atoms with Gasteiger partial charge in [0.05, 0.1) is 0 Å². The number of rotatable bonds is 5. The molecule has 1 aliphatic rings. The highest BCUT2D eigenvalue weighted by Crippen LogP contribution is 2.16. The Kier molecular flexibility index (Phi) is 6.69. The summed E-state index contributed by atoms with van der Waals surface area (Å²) in [6.45, 7) is 3.18. The molecule has 0 aliphatic carbocycles. The maximum Gasteiger partial charge on any atom is 0.317 e. The number of carbonyl (C=O) groups is 1. The summed E-state index contributed by atoms with van der Waals surface area (Å²) in [6.07, 6.45) is 1.85. The van der Waals surface area contributed by atoms with E-state index in [1.165, 1.54) is 17.7 Å². The minimum absolute atomic E-state index is 0.115. The van der Waals surface area contributed by atoms with Crippen LogP contribution in [0.25, 0.3) is 0 Å². The molecule has 1 saturated heterocycles. The first kappa shape index (κ1) is 19.6. The van der Waals surface area contributed by atoms with Crippen molar-refractivity contribution in [3.05, 3.63) is 70.5 Å². The summed E-state index contributed by atoms with van der Waals surface area (Å²) in [7, 11) is 1.73. The van der Waals surface area contributed by atoms with Crippen LogP contribution in [-0.2, 0) is 13.1 Å². The van der Waals surface area contributed by atoms with E-state index in [1.54, 1.807) is 18.0 Å². The van der Waals surface area contributed by atoms with Gasteiger partial charge in [0.1, 0.15) is 5.82 Å². The van der Waals surface area contributed by atoms with Crippen LogP contribution >= 0.6 is 11.6 Å². The van der Waals surface area contributed by atoms with Crippen LogP contribution in [0, 0.1) is 5.82 Å². The summed E-state index contributed by atoms with van der Waals surface area (Å²) in [6, 6.07) is 14.3. The zero-order valence-electron chi connectivity index (χ0n) is 15.5. The van der Waals surface area contributed by atoms with Crippen LogP contribution in [0.1, 0.15) is 24.0 Å². The van der Waals surface area contributed by atoms with Gasteiger partial charge in [-0.3, -0.25) is 4.90 Å². The predicted octanol–water partition coefficient (Wildman–Crippen LogP) is 4.29. The van der Waals surface area contributed by atoms with Crippen LogP contribution in [0.5, 0.6) is 0 Å². The molecule has 0 radical (unpaired) electrons. The van der Waals surface area contributed by atoms with Gasteiger partial charge in [-0.1, -0.05) is 35.9 Å². The monoisotopic (exact) mass is 389 g/mol. The van der Waals surface area contributed by atoms with E-state index in [1.807, 2.05) is 18.2 Å². The molecule has 1 aliphatic heterocycles. The fourth-order valence-corrected chi connectivity index (χ4v) is 3.48. The Morgan fingerprint density at radius 1 is 1.19 bits per heavy atom. The van der Waals surface area contributed by atoms with Crippen molar-refractivity contribution < 1.29 is 9.18 Å². The Labute approximate surface area is 164 Å². The van der Waals surface area contributed by atoms with Gasteiger partial charge in [0, 0.05) is 44.3 Å². The molecule has 4 nitrogen and oxygen atoms in total. The number of piperidine rings is 1. The number of benzene rings is 2. The summed E-state index contributed by atoms with van der Waals surface area (Å²) in [5.74, 6) is -0.283. The van der Waals surface area contributed by atoms with Gasteiger partial charge in [-0.2, -0.15) is 0 Å². The van der Waals surface area contributed by atoms with Gasteiger partial charge in [0.25, 0.3) is 0 Å². The van der Waals surface area contributed by atoms with Gasteiger partial charge in [-0.25, -0.2) is 9.18 Å². The number of halogens is 2. The number of likely N-dealkylation sites (tertiary alicyclic amines) is 1. The second-order valence-corrected chi connectivity index (χ2v) is 7.55. The Bertz CT molecular complexity index is 760. The second kappa shape index (κ2) is 9.20. The van der Waals surface area contributed by atoms with Crippen molar-refractivity contribution in [2.24, 2.45) is 0 Å². The number of nitrogens with zero attached hydrogens (tertiary/aromatic N) is 2. The molecule has 144 valence electrons. The van der Waals surface area contributed by atoms with E-state index in [9.17, 15) is 9.18 Å². The molecule has 0 spiro atoms. The molecule has 2 aromatic carbocycles. The van der Waals surface area contributed by atoms with E-state index in [2.05, 4.69) is 22.3 Å².